The van der Waals surface area contributed by atoms with Gasteiger partial charge in [-0.2, -0.15) is 0 Å². The van der Waals surface area contributed by atoms with Gasteiger partial charge in [-0.15, -0.1) is 19.7 Å². The van der Waals surface area contributed by atoms with Gasteiger partial charge in [-0.05, 0) is 0 Å². The fourth-order valence-electron chi connectivity index (χ4n) is 1.02. The van der Waals surface area contributed by atoms with Crippen LogP contribution < -0.4 is 0 Å². The van der Waals surface area contributed by atoms with Gasteiger partial charge >= 0.3 is 14.8 Å². The van der Waals surface area contributed by atoms with Crippen LogP contribution in [0, 0.1) is 0 Å². The molecule has 0 fully saturated rings. The third-order valence-electron chi connectivity index (χ3n) is 1.80. The minimum absolute atomic E-state index is 0.104. The standard InChI is InChI=1S/C12H18O5Si/c1-5-8-15-18(16-9-6-2,17-10-7-3)11(4)12(13)14/h5-7H,1-4,8-10H2,(H,13,14). The highest BCUT2D eigenvalue weighted by atomic mass is 28.4. The van der Waals surface area contributed by atoms with Crippen LogP contribution in [0.5, 0.6) is 0 Å². The van der Waals surface area contributed by atoms with E-state index in [1.807, 2.05) is 0 Å². The molecule has 0 aliphatic carbocycles. The zero-order chi connectivity index (χ0) is 14.0. The molecule has 6 heteroatoms. The van der Waals surface area contributed by atoms with E-state index < -0.39 is 14.8 Å². The molecule has 0 aliphatic heterocycles. The van der Waals surface area contributed by atoms with E-state index in [4.69, 9.17) is 18.4 Å². The highest BCUT2D eigenvalue weighted by Crippen LogP contribution is 2.19. The fourth-order valence-corrected chi connectivity index (χ4v) is 3.07. The Balaban J connectivity index is 5.13. The molecule has 0 saturated heterocycles. The number of carboxylic acid groups (broad SMARTS) is 1. The molecule has 18 heavy (non-hydrogen) atoms. The third-order valence-corrected chi connectivity index (χ3v) is 4.39. The summed E-state index contributed by atoms with van der Waals surface area (Å²) in [5.41, 5.74) is 0. The van der Waals surface area contributed by atoms with E-state index in [1.54, 1.807) is 0 Å². The second-order valence-corrected chi connectivity index (χ2v) is 5.72. The van der Waals surface area contributed by atoms with E-state index in [-0.39, 0.29) is 25.0 Å². The molecule has 5 nitrogen and oxygen atoms in total. The van der Waals surface area contributed by atoms with Gasteiger partial charge in [-0.3, -0.25) is 0 Å². The van der Waals surface area contributed by atoms with Gasteiger partial charge in [0.15, 0.2) is 0 Å². The molecule has 0 amide bonds. The van der Waals surface area contributed by atoms with Gasteiger partial charge in [0.25, 0.3) is 0 Å². The normalized spacial score (nSPS) is 10.7. The van der Waals surface area contributed by atoms with E-state index in [9.17, 15) is 4.79 Å². The smallest absolute Gasteiger partial charge is 0.478 e. The Hall–Kier alpha value is -1.47. The summed E-state index contributed by atoms with van der Waals surface area (Å²) >= 11 is 0. The second-order valence-electron chi connectivity index (χ2n) is 3.14. The number of carbonyl (C=O) groups is 1. The lowest BCUT2D eigenvalue weighted by Gasteiger charge is -2.28. The van der Waals surface area contributed by atoms with Gasteiger partial charge in [-0.25, -0.2) is 4.79 Å². The van der Waals surface area contributed by atoms with Crippen LogP contribution in [0.1, 0.15) is 0 Å². The lowest BCUT2D eigenvalue weighted by molar-refractivity contribution is -0.132. The summed E-state index contributed by atoms with van der Waals surface area (Å²) in [4.78, 5) is 11.1. The first-order valence-corrected chi connectivity index (χ1v) is 6.93. The molecule has 0 bridgehead atoms. The Kier molecular flexibility index (Phi) is 7.89. The van der Waals surface area contributed by atoms with Gasteiger partial charge in [0.05, 0.1) is 19.8 Å². The molecule has 0 aliphatic rings. The molecular formula is C12H18O5Si. The molecule has 0 radical (unpaired) electrons. The number of aliphatic carboxylic acids is 1. The maximum Gasteiger partial charge on any atom is 0.544 e. The molecule has 0 atom stereocenters. The SMILES string of the molecule is C=CCO[Si](OCC=C)(OCC=C)C(=C)C(=O)O. The third kappa shape index (κ3) is 4.80. The largest absolute Gasteiger partial charge is 0.544 e. The van der Waals surface area contributed by atoms with Crippen LogP contribution >= 0.6 is 0 Å². The molecule has 0 unspecified atom stereocenters. The lowest BCUT2D eigenvalue weighted by atomic mass is 10.7. The highest BCUT2D eigenvalue weighted by molar-refractivity contribution is 6.73. The fraction of sp³-hybridized carbons (Fsp3) is 0.250. The topological polar surface area (TPSA) is 65.0 Å². The van der Waals surface area contributed by atoms with Crippen molar-refractivity contribution in [3.8, 4) is 0 Å². The van der Waals surface area contributed by atoms with E-state index in [1.165, 1.54) is 18.2 Å². The summed E-state index contributed by atoms with van der Waals surface area (Å²) in [6.07, 6.45) is 4.43. The Bertz CT molecular complexity index is 306. The van der Waals surface area contributed by atoms with Gasteiger partial charge in [0, 0.05) is 0 Å². The van der Waals surface area contributed by atoms with Crippen molar-refractivity contribution >= 4 is 14.8 Å². The van der Waals surface area contributed by atoms with E-state index >= 15 is 0 Å². The summed E-state index contributed by atoms with van der Waals surface area (Å²) in [6.45, 7) is 14.3. The highest BCUT2D eigenvalue weighted by Gasteiger charge is 2.48. The van der Waals surface area contributed by atoms with Crippen LogP contribution in [0.15, 0.2) is 49.7 Å². The summed E-state index contributed by atoms with van der Waals surface area (Å²) in [6, 6.07) is 0. The minimum atomic E-state index is -3.53. The maximum atomic E-state index is 11.1. The van der Waals surface area contributed by atoms with Crippen molar-refractivity contribution in [2.75, 3.05) is 19.8 Å². The van der Waals surface area contributed by atoms with Gasteiger partial charge in [0.2, 0.25) is 0 Å². The Labute approximate surface area is 108 Å². The first-order valence-electron chi connectivity index (χ1n) is 5.21. The minimum Gasteiger partial charge on any atom is -0.478 e. The number of carboxylic acids is 1. The van der Waals surface area contributed by atoms with Crippen LogP contribution in [0.3, 0.4) is 0 Å². The summed E-state index contributed by atoms with van der Waals surface area (Å²) in [5.74, 6) is -1.22. The Morgan fingerprint density at radius 2 is 1.33 bits per heavy atom. The summed E-state index contributed by atoms with van der Waals surface area (Å²) in [7, 11) is -3.53. The second kappa shape index (κ2) is 8.59. The van der Waals surface area contributed by atoms with Crippen molar-refractivity contribution < 1.29 is 23.2 Å². The quantitative estimate of drug-likeness (QED) is 0.352. The van der Waals surface area contributed by atoms with Crippen LogP contribution in [-0.4, -0.2) is 39.7 Å². The van der Waals surface area contributed by atoms with Crippen LogP contribution in [0.4, 0.5) is 0 Å². The first-order chi connectivity index (χ1) is 8.54. The van der Waals surface area contributed by atoms with Crippen LogP contribution in [-0.2, 0) is 18.1 Å². The predicted molar refractivity (Wildman–Crippen MR) is 71.0 cm³/mol. The molecule has 1 N–H and O–H groups in total. The van der Waals surface area contributed by atoms with Crippen molar-refractivity contribution in [1.29, 1.82) is 0 Å². The number of rotatable bonds is 11. The van der Waals surface area contributed by atoms with E-state index in [0.717, 1.165) is 0 Å². The number of hydrogen-bond acceptors (Lipinski definition) is 4. The average Bonchev–Trinajstić information content (AvgIpc) is 2.37. The van der Waals surface area contributed by atoms with Crippen molar-refractivity contribution in [2.24, 2.45) is 0 Å². The molecular weight excluding hydrogens is 252 g/mol. The van der Waals surface area contributed by atoms with Gasteiger partial charge in [-0.1, -0.05) is 24.8 Å². The average molecular weight is 270 g/mol. The molecule has 100 valence electrons. The molecule has 0 aromatic carbocycles. The van der Waals surface area contributed by atoms with Crippen LogP contribution in [0.25, 0.3) is 0 Å². The molecule has 0 aromatic rings. The molecule has 0 aromatic heterocycles. The zero-order valence-corrected chi connectivity index (χ0v) is 11.3. The van der Waals surface area contributed by atoms with Gasteiger partial charge < -0.3 is 18.4 Å². The van der Waals surface area contributed by atoms with E-state index in [2.05, 4.69) is 26.3 Å². The monoisotopic (exact) mass is 270 g/mol. The Morgan fingerprint density at radius 1 is 1.00 bits per heavy atom. The van der Waals surface area contributed by atoms with Crippen molar-refractivity contribution in [1.82, 2.24) is 0 Å². The predicted octanol–water partition coefficient (Wildman–Crippen LogP) is 1.71. The molecule has 0 rings (SSSR count). The molecule has 0 heterocycles. The zero-order valence-electron chi connectivity index (χ0n) is 10.3. The maximum absolute atomic E-state index is 11.1. The van der Waals surface area contributed by atoms with E-state index in [0.29, 0.717) is 0 Å². The van der Waals surface area contributed by atoms with Crippen molar-refractivity contribution in [2.45, 2.75) is 0 Å². The number of hydrogen-bond donors (Lipinski definition) is 1. The van der Waals surface area contributed by atoms with Crippen molar-refractivity contribution in [3.05, 3.63) is 49.7 Å². The molecule has 0 spiro atoms. The first kappa shape index (κ1) is 16.5. The summed E-state index contributed by atoms with van der Waals surface area (Å²) in [5, 5.41) is 8.80. The Morgan fingerprint density at radius 3 is 1.56 bits per heavy atom. The molecule has 0 saturated carbocycles. The van der Waals surface area contributed by atoms with Gasteiger partial charge in [0.1, 0.15) is 5.20 Å². The lowest BCUT2D eigenvalue weighted by Crippen LogP contribution is -2.50. The summed E-state index contributed by atoms with van der Waals surface area (Å²) < 4.78 is 16.2. The van der Waals surface area contributed by atoms with Crippen LogP contribution in [0.2, 0.25) is 0 Å². The van der Waals surface area contributed by atoms with Crippen molar-refractivity contribution in [3.63, 3.8) is 0 Å².